The van der Waals surface area contributed by atoms with Crippen LogP contribution in [-0.4, -0.2) is 108 Å². The number of carbonyl (C=O) groups excluding carboxylic acids is 4. The number of fused-ring (bicyclic) bond motifs is 9. The molecule has 2 radical (unpaired) electrons. The standard InChI is InChI=1S/C47H55N7O7Si/c1-8-52-36-14-13-29-20-33(36)34(40(52)32-11-9-15-49-38(32)27(4)60-7)22-45(5,6)24-61-42(58)35-12-10-16-54(51-35)44(59)46(21-28-17-30(29)19-31(55)18-28)43-47(46,62-43)50-41(57)39(26(2)3)53-25-48-23-37(53)56/h9,11,15,17-20,26-27,35,39,43,48,51,55H,8,10,12,16,21-25H2,1-7H3,(H,50,57)/t27-,35-,39-,43?,46?,47?/m0/s1. The number of hydrogen-bond acceptors (Lipinski definition) is 10. The van der Waals surface area contributed by atoms with Gasteiger partial charge >= 0.3 is 5.97 Å². The van der Waals surface area contributed by atoms with Gasteiger partial charge in [-0.1, -0.05) is 39.8 Å². The predicted octanol–water partition coefficient (Wildman–Crippen LogP) is 4.30. The molecule has 3 amide bonds. The second-order valence-corrected chi connectivity index (χ2v) is 20.4. The van der Waals surface area contributed by atoms with Gasteiger partial charge in [-0.2, -0.15) is 0 Å². The predicted molar refractivity (Wildman–Crippen MR) is 232 cm³/mol. The van der Waals surface area contributed by atoms with Crippen molar-refractivity contribution in [2.24, 2.45) is 16.7 Å². The van der Waals surface area contributed by atoms with E-state index in [0.717, 1.165) is 39.0 Å². The molecule has 3 unspecified atom stereocenters. The zero-order valence-corrected chi connectivity index (χ0v) is 37.5. The van der Waals surface area contributed by atoms with Gasteiger partial charge in [-0.25, -0.2) is 5.43 Å². The first kappa shape index (κ1) is 42.0. The molecule has 3 saturated heterocycles. The Hall–Kier alpha value is -5.27. The fourth-order valence-corrected chi connectivity index (χ4v) is 12.4. The number of nitrogens with one attached hydrogen (secondary N) is 3. The van der Waals surface area contributed by atoms with Crippen molar-refractivity contribution >= 4 is 44.1 Å². The Labute approximate surface area is 364 Å². The number of methoxy groups -OCH3 is 1. The molecule has 6 heterocycles. The van der Waals surface area contributed by atoms with Crippen molar-refractivity contribution in [3.8, 4) is 28.1 Å². The van der Waals surface area contributed by atoms with Gasteiger partial charge in [0.05, 0.1) is 52.2 Å². The van der Waals surface area contributed by atoms with E-state index in [1.54, 1.807) is 35.3 Å². The summed E-state index contributed by atoms with van der Waals surface area (Å²) in [6.45, 7) is 13.7. The molecule has 9 rings (SSSR count). The van der Waals surface area contributed by atoms with Crippen LogP contribution in [0.4, 0.5) is 0 Å². The van der Waals surface area contributed by atoms with Crippen LogP contribution in [0, 0.1) is 28.9 Å². The quantitative estimate of drug-likeness (QED) is 0.148. The van der Waals surface area contributed by atoms with Crippen molar-refractivity contribution in [3.63, 3.8) is 0 Å². The third kappa shape index (κ3) is 6.86. The van der Waals surface area contributed by atoms with Gasteiger partial charge in [0.25, 0.3) is 0 Å². The lowest BCUT2D eigenvalue weighted by Gasteiger charge is -2.39. The third-order valence-corrected chi connectivity index (χ3v) is 15.8. The van der Waals surface area contributed by atoms with Crippen LogP contribution >= 0.6 is 0 Å². The molecule has 4 aromatic rings. The number of aromatic hydroxyl groups is 1. The number of benzene rings is 1. The highest BCUT2D eigenvalue weighted by Crippen LogP contribution is 2.81. The minimum atomic E-state index is -1.05. The summed E-state index contributed by atoms with van der Waals surface area (Å²) in [6, 6.07) is 16.9. The number of esters is 1. The SMILES string of the molecule is CCn1c(-c2cccnc2[C@H](C)OC)c2c3cc(c#cc31)-c1cc(O)cc(c1)CC1(C(=O)N3CCC[C@H](N3)C(=O)OCC(C)(C)C2)C2[Si]C21NC(=O)[C@H](C(C)C)N1CNCC1=O. The lowest BCUT2D eigenvalue weighted by Crippen LogP contribution is -2.61. The summed E-state index contributed by atoms with van der Waals surface area (Å²) in [4.78, 5) is 62.5. The average molecular weight is 858 g/mol. The summed E-state index contributed by atoms with van der Waals surface area (Å²) in [5, 5.41) is 19.4. The molecule has 4 aliphatic heterocycles. The molecular formula is C47H55N7O7Si. The van der Waals surface area contributed by atoms with Gasteiger partial charge in [-0.05, 0) is 104 Å². The number of aryl methyl sites for hydroxylation is 1. The van der Waals surface area contributed by atoms with E-state index in [-0.39, 0.29) is 67.3 Å². The highest BCUT2D eigenvalue weighted by atomic mass is 28.2. The van der Waals surface area contributed by atoms with Crippen molar-refractivity contribution in [1.29, 1.82) is 0 Å². The number of nitrogens with zero attached hydrogens (tertiary/aromatic N) is 4. The smallest absolute Gasteiger partial charge is 0.324 e. The number of ether oxygens (including phenoxy) is 2. The van der Waals surface area contributed by atoms with Gasteiger partial charge in [0, 0.05) is 53.5 Å². The maximum absolute atomic E-state index is 15.1. The monoisotopic (exact) mass is 857 g/mol. The van der Waals surface area contributed by atoms with Crippen molar-refractivity contribution in [2.45, 2.75) is 103 Å². The van der Waals surface area contributed by atoms with Crippen LogP contribution in [0.1, 0.15) is 77.3 Å². The van der Waals surface area contributed by atoms with Crippen LogP contribution in [0.2, 0.25) is 5.54 Å². The molecule has 6 atom stereocenters. The molecule has 4 N–H and O–H groups in total. The minimum Gasteiger partial charge on any atom is -0.508 e. The highest BCUT2D eigenvalue weighted by Gasteiger charge is 2.93. The van der Waals surface area contributed by atoms with Gasteiger partial charge in [-0.3, -0.25) is 34.5 Å². The Kier molecular flexibility index (Phi) is 10.5. The lowest BCUT2D eigenvalue weighted by molar-refractivity contribution is -0.156. The fraction of sp³-hybridized carbons (Fsp3) is 0.511. The zero-order valence-electron chi connectivity index (χ0n) is 36.5. The number of phenols is 1. The van der Waals surface area contributed by atoms with Crippen molar-refractivity contribution < 1.29 is 33.8 Å². The Morgan fingerprint density at radius 3 is 2.66 bits per heavy atom. The molecule has 2 aromatic heterocycles. The van der Waals surface area contributed by atoms with E-state index in [1.165, 1.54) is 0 Å². The molecule has 2 aromatic carbocycles. The molecule has 5 aliphatic rings. The van der Waals surface area contributed by atoms with E-state index < -0.39 is 34.0 Å². The second-order valence-electron chi connectivity index (χ2n) is 18.7. The number of aromatic nitrogens is 2. The highest BCUT2D eigenvalue weighted by molar-refractivity contribution is 6.67. The second kappa shape index (κ2) is 15.5. The third-order valence-electron chi connectivity index (χ3n) is 13.6. The van der Waals surface area contributed by atoms with E-state index in [1.807, 2.05) is 32.9 Å². The van der Waals surface area contributed by atoms with Crippen LogP contribution in [0.3, 0.4) is 0 Å². The molecule has 62 heavy (non-hydrogen) atoms. The Morgan fingerprint density at radius 1 is 1.15 bits per heavy atom. The molecule has 4 fully saturated rings. The number of cyclic esters (lactones) is 1. The number of amides is 3. The van der Waals surface area contributed by atoms with Crippen LogP contribution in [0.15, 0.2) is 42.6 Å². The lowest BCUT2D eigenvalue weighted by atomic mass is 9.84. The van der Waals surface area contributed by atoms with Gasteiger partial charge in [0.15, 0.2) is 0 Å². The Morgan fingerprint density at radius 2 is 1.95 bits per heavy atom. The van der Waals surface area contributed by atoms with E-state index in [0.29, 0.717) is 53.0 Å². The largest absolute Gasteiger partial charge is 0.508 e. The molecule has 324 valence electrons. The van der Waals surface area contributed by atoms with Crippen LogP contribution in [-0.2, 0) is 48.0 Å². The number of pyridine rings is 1. The molecular weight excluding hydrogens is 803 g/mol. The van der Waals surface area contributed by atoms with Crippen LogP contribution in [0.25, 0.3) is 33.3 Å². The number of phenolic OH excluding ortho intramolecular Hbond substituents is 1. The molecule has 1 saturated carbocycles. The molecule has 1 spiro atoms. The maximum Gasteiger partial charge on any atom is 0.324 e. The summed E-state index contributed by atoms with van der Waals surface area (Å²) < 4.78 is 14.2. The van der Waals surface area contributed by atoms with Crippen LogP contribution in [0.5, 0.6) is 5.75 Å². The topological polar surface area (TPSA) is 167 Å². The Balaban J connectivity index is 1.17. The average Bonchev–Trinajstić information content (AvgIpc) is 3.98. The number of carbonyl (C=O) groups is 4. The Bertz CT molecular complexity index is 2490. The van der Waals surface area contributed by atoms with Crippen molar-refractivity contribution in [1.82, 2.24) is 35.5 Å². The van der Waals surface area contributed by atoms with Gasteiger partial charge in [0.1, 0.15) is 23.3 Å². The normalized spacial score (nSPS) is 26.5. The van der Waals surface area contributed by atoms with Crippen molar-refractivity contribution in [3.05, 3.63) is 71.5 Å². The van der Waals surface area contributed by atoms with Crippen LogP contribution < -0.4 is 16.1 Å². The maximum atomic E-state index is 15.1. The van der Waals surface area contributed by atoms with Gasteiger partial charge < -0.3 is 29.4 Å². The zero-order chi connectivity index (χ0) is 43.9. The summed E-state index contributed by atoms with van der Waals surface area (Å²) in [5.41, 5.74) is 8.31. The van der Waals surface area contributed by atoms with Gasteiger partial charge in [-0.15, -0.1) is 0 Å². The summed E-state index contributed by atoms with van der Waals surface area (Å²) >= 11 is 0. The first-order valence-corrected chi connectivity index (χ1v) is 22.9. The number of rotatable bonds is 8. The molecule has 6 bridgehead atoms. The van der Waals surface area contributed by atoms with E-state index >= 15 is 4.79 Å². The van der Waals surface area contributed by atoms with E-state index in [4.69, 9.17) is 14.5 Å². The fourth-order valence-electron chi connectivity index (χ4n) is 10.3. The number of hydrogen-bond donors (Lipinski definition) is 4. The first-order valence-electron chi connectivity index (χ1n) is 21.8. The summed E-state index contributed by atoms with van der Waals surface area (Å²) in [5.74, 6) is -1.19. The molecule has 1 aliphatic carbocycles. The van der Waals surface area contributed by atoms with Gasteiger partial charge in [0.2, 0.25) is 17.7 Å². The first-order chi connectivity index (χ1) is 29.6. The van der Waals surface area contributed by atoms with E-state index in [2.05, 4.69) is 65.7 Å². The number of hydrazine groups is 1. The van der Waals surface area contributed by atoms with E-state index in [9.17, 15) is 19.5 Å². The summed E-state index contributed by atoms with van der Waals surface area (Å²) in [6.07, 6.45) is 3.35. The summed E-state index contributed by atoms with van der Waals surface area (Å²) in [7, 11) is 1.97. The minimum absolute atomic E-state index is 0.0402. The molecule has 15 heteroatoms. The van der Waals surface area contributed by atoms with Crippen molar-refractivity contribution in [2.75, 3.05) is 33.5 Å². The molecule has 14 nitrogen and oxygen atoms in total.